The quantitative estimate of drug-likeness (QED) is 0.303. The van der Waals surface area contributed by atoms with Gasteiger partial charge in [-0.25, -0.2) is 4.79 Å². The fraction of sp³-hybridized carbons (Fsp3) is 0.559. The van der Waals surface area contributed by atoms with Crippen molar-refractivity contribution in [3.8, 4) is 5.75 Å². The fourth-order valence-electron chi connectivity index (χ4n) is 5.97. The molecule has 40 heavy (non-hydrogen) atoms. The van der Waals surface area contributed by atoms with Crippen LogP contribution in [0.5, 0.6) is 5.75 Å². The normalized spacial score (nSPS) is 37.5. The first kappa shape index (κ1) is 30.3. The minimum absolute atomic E-state index is 0.00571. The highest BCUT2D eigenvalue weighted by Gasteiger charge is 2.47. The van der Waals surface area contributed by atoms with E-state index in [0.29, 0.717) is 41.9 Å². The Labute approximate surface area is 239 Å². The minimum Gasteiger partial charge on any atom is -0.508 e. The average molecular weight is 551 g/mol. The van der Waals surface area contributed by atoms with Gasteiger partial charge in [0.2, 0.25) is 0 Å². The molecule has 0 saturated carbocycles. The number of fused-ring (bicyclic) bond motifs is 3. The van der Waals surface area contributed by atoms with Crippen LogP contribution in [0.1, 0.15) is 88.7 Å². The van der Waals surface area contributed by atoms with Gasteiger partial charge in [0, 0.05) is 24.7 Å². The van der Waals surface area contributed by atoms with Crippen LogP contribution in [0.4, 0.5) is 0 Å². The molecule has 6 heteroatoms. The summed E-state index contributed by atoms with van der Waals surface area (Å²) in [7, 11) is 0. The number of aliphatic hydroxyl groups is 1. The number of ether oxygens (including phenoxy) is 3. The second kappa shape index (κ2) is 12.5. The Bertz CT molecular complexity index is 1210. The molecule has 1 spiro atoms. The van der Waals surface area contributed by atoms with Crippen LogP contribution in [0, 0.1) is 24.7 Å². The van der Waals surface area contributed by atoms with Crippen LogP contribution >= 0.6 is 0 Å². The monoisotopic (exact) mass is 550 g/mol. The minimum atomic E-state index is -0.986. The number of carbonyl (C=O) groups is 1. The van der Waals surface area contributed by atoms with Crippen LogP contribution in [-0.4, -0.2) is 46.4 Å². The second-order valence-electron chi connectivity index (χ2n) is 12.1. The molecule has 3 aliphatic rings. The lowest BCUT2D eigenvalue weighted by molar-refractivity contribution is -0.298. The molecule has 0 radical (unpaired) electrons. The summed E-state index contributed by atoms with van der Waals surface area (Å²) in [4.78, 5) is 13.7. The van der Waals surface area contributed by atoms with E-state index in [1.165, 1.54) is 0 Å². The third-order valence-electron chi connectivity index (χ3n) is 8.80. The molecular formula is C34H46O6. The van der Waals surface area contributed by atoms with Crippen LogP contribution in [0.15, 0.2) is 54.2 Å². The van der Waals surface area contributed by atoms with E-state index in [1.807, 2.05) is 51.2 Å². The first-order valence-corrected chi connectivity index (χ1v) is 14.7. The molecule has 1 saturated heterocycles. The third kappa shape index (κ3) is 6.62. The number of hydrogen-bond donors (Lipinski definition) is 2. The van der Waals surface area contributed by atoms with Crippen molar-refractivity contribution in [2.24, 2.45) is 17.8 Å². The fourth-order valence-corrected chi connectivity index (χ4v) is 5.97. The van der Waals surface area contributed by atoms with Gasteiger partial charge in [0.05, 0.1) is 23.9 Å². The van der Waals surface area contributed by atoms with E-state index in [1.54, 1.807) is 19.1 Å². The number of aliphatic hydroxyl groups excluding tert-OH is 1. The zero-order valence-electron chi connectivity index (χ0n) is 25.0. The molecular weight excluding hydrogens is 504 g/mol. The van der Waals surface area contributed by atoms with Gasteiger partial charge in [0.15, 0.2) is 5.79 Å². The van der Waals surface area contributed by atoms with Crippen molar-refractivity contribution in [3.05, 3.63) is 70.9 Å². The van der Waals surface area contributed by atoms with Crippen LogP contribution < -0.4 is 0 Å². The van der Waals surface area contributed by atoms with Gasteiger partial charge in [0.25, 0.3) is 0 Å². The first-order chi connectivity index (χ1) is 18.9. The predicted octanol–water partition coefficient (Wildman–Crippen LogP) is 7.05. The van der Waals surface area contributed by atoms with Gasteiger partial charge < -0.3 is 24.4 Å². The number of rotatable bonds is 2. The summed E-state index contributed by atoms with van der Waals surface area (Å²) in [5, 5.41) is 21.4. The smallest absolute Gasteiger partial charge is 0.339 e. The summed E-state index contributed by atoms with van der Waals surface area (Å²) >= 11 is 0. The maximum Gasteiger partial charge on any atom is 0.339 e. The van der Waals surface area contributed by atoms with Gasteiger partial charge in [-0.05, 0) is 73.6 Å². The number of phenolic OH excluding ortho intramolecular Hbond substituents is 1. The molecule has 6 nitrogen and oxygen atoms in total. The number of aromatic hydroxyl groups is 1. The van der Waals surface area contributed by atoms with Gasteiger partial charge in [-0.1, -0.05) is 64.5 Å². The molecule has 4 rings (SSSR count). The topological polar surface area (TPSA) is 85.2 Å². The number of hydrogen-bond acceptors (Lipinski definition) is 6. The SMILES string of the molecule is CC[C@H](C)[C@@H]1O[C@]2(C=C[C@@H]1C)C[C@@H]1C[C@@H](C/C=C(\C)[C@@H](O)[C@@H](C)/C=C/C=C(\C)c3cc(O)c(C)cc3C(=O)O1)O2. The molecule has 1 aromatic rings. The van der Waals surface area contributed by atoms with Gasteiger partial charge >= 0.3 is 5.97 Å². The maximum absolute atomic E-state index is 13.7. The molecule has 3 aliphatic heterocycles. The standard InChI is InChI=1S/C34H46O6/c1-8-20(2)32-24(6)14-15-34(40-32)19-27-17-26(39-34)13-12-23(5)31(36)22(4)11-9-10-21(3)28-18-30(35)25(7)16-29(28)33(37)38-27/h9-12,14-16,18,20,22,24,26-27,31-32,35-36H,8,13,17,19H2,1-7H3/b11-9+,21-10+,23-12+/t20-,22-,24-,26+,27-,31-,32-,34+/m0/s1. The Kier molecular flexibility index (Phi) is 9.44. The lowest BCUT2D eigenvalue weighted by Gasteiger charge is -2.47. The Morgan fingerprint density at radius 2 is 1.80 bits per heavy atom. The second-order valence-corrected chi connectivity index (χ2v) is 12.1. The van der Waals surface area contributed by atoms with E-state index in [-0.39, 0.29) is 29.8 Å². The lowest BCUT2D eigenvalue weighted by atomic mass is 9.86. The number of phenols is 1. The van der Waals surface area contributed by atoms with Gasteiger partial charge in [0.1, 0.15) is 11.9 Å². The van der Waals surface area contributed by atoms with Crippen molar-refractivity contribution in [2.75, 3.05) is 0 Å². The van der Waals surface area contributed by atoms with E-state index >= 15 is 0 Å². The molecule has 2 N–H and O–H groups in total. The van der Waals surface area contributed by atoms with Crippen LogP contribution in [0.2, 0.25) is 0 Å². The van der Waals surface area contributed by atoms with E-state index < -0.39 is 24.0 Å². The van der Waals surface area contributed by atoms with Crippen molar-refractivity contribution < 1.29 is 29.2 Å². The number of benzene rings is 1. The zero-order valence-corrected chi connectivity index (χ0v) is 25.0. The van der Waals surface area contributed by atoms with Gasteiger partial charge in [-0.2, -0.15) is 0 Å². The maximum atomic E-state index is 13.7. The average Bonchev–Trinajstić information content (AvgIpc) is 2.92. The molecule has 1 aromatic carbocycles. The van der Waals surface area contributed by atoms with Crippen molar-refractivity contribution in [2.45, 2.75) is 104 Å². The van der Waals surface area contributed by atoms with Crippen molar-refractivity contribution in [1.82, 2.24) is 0 Å². The van der Waals surface area contributed by atoms with Gasteiger partial charge in [-0.3, -0.25) is 0 Å². The van der Waals surface area contributed by atoms with Crippen molar-refractivity contribution in [1.29, 1.82) is 0 Å². The summed E-state index contributed by atoms with van der Waals surface area (Å²) in [5.41, 5.74) is 3.32. The van der Waals surface area contributed by atoms with Crippen LogP contribution in [0.25, 0.3) is 5.57 Å². The van der Waals surface area contributed by atoms with Crippen molar-refractivity contribution >= 4 is 11.5 Å². The number of esters is 1. The highest BCUT2D eigenvalue weighted by molar-refractivity contribution is 5.96. The Hall–Kier alpha value is -2.67. The Balaban J connectivity index is 1.76. The number of aryl methyl sites for hydroxylation is 1. The molecule has 218 valence electrons. The lowest BCUT2D eigenvalue weighted by Crippen LogP contribution is -2.53. The number of allylic oxidation sites excluding steroid dienone is 3. The van der Waals surface area contributed by atoms with E-state index in [0.717, 1.165) is 17.6 Å². The molecule has 0 aliphatic carbocycles. The Morgan fingerprint density at radius 3 is 2.52 bits per heavy atom. The molecule has 1 fully saturated rings. The molecule has 0 aromatic heterocycles. The van der Waals surface area contributed by atoms with E-state index in [9.17, 15) is 15.0 Å². The van der Waals surface area contributed by atoms with Crippen LogP contribution in [-0.2, 0) is 14.2 Å². The van der Waals surface area contributed by atoms with E-state index in [2.05, 4.69) is 26.8 Å². The van der Waals surface area contributed by atoms with E-state index in [4.69, 9.17) is 14.2 Å². The summed E-state index contributed by atoms with van der Waals surface area (Å²) in [6.07, 6.45) is 13.1. The summed E-state index contributed by atoms with van der Waals surface area (Å²) in [6.45, 7) is 14.1. The number of carbonyl (C=O) groups excluding carboxylic acids is 1. The zero-order chi connectivity index (χ0) is 29.2. The third-order valence-corrected chi connectivity index (χ3v) is 8.80. The highest BCUT2D eigenvalue weighted by atomic mass is 16.7. The summed E-state index contributed by atoms with van der Waals surface area (Å²) in [5.74, 6) is -0.808. The summed E-state index contributed by atoms with van der Waals surface area (Å²) < 4.78 is 19.6. The largest absolute Gasteiger partial charge is 0.508 e. The van der Waals surface area contributed by atoms with Gasteiger partial charge in [-0.15, -0.1) is 0 Å². The predicted molar refractivity (Wildman–Crippen MR) is 158 cm³/mol. The van der Waals surface area contributed by atoms with Crippen molar-refractivity contribution in [3.63, 3.8) is 0 Å². The molecule has 0 unspecified atom stereocenters. The molecule has 2 bridgehead atoms. The Morgan fingerprint density at radius 1 is 1.05 bits per heavy atom. The first-order valence-electron chi connectivity index (χ1n) is 14.7. The molecule has 0 amide bonds. The molecule has 8 atom stereocenters. The summed E-state index contributed by atoms with van der Waals surface area (Å²) in [6, 6.07) is 3.32. The van der Waals surface area contributed by atoms with Crippen LogP contribution in [0.3, 0.4) is 0 Å². The molecule has 3 heterocycles. The highest BCUT2D eigenvalue weighted by Crippen LogP contribution is 2.42.